The van der Waals surface area contributed by atoms with E-state index in [1.54, 1.807) is 18.5 Å². The lowest BCUT2D eigenvalue weighted by atomic mass is 9.89. The molecule has 0 aliphatic heterocycles. The molecule has 6 heteroatoms. The second-order valence-electron chi connectivity index (χ2n) is 5.37. The fraction of sp³-hybridized carbons (Fsp3) is 0.375. The average molecular weight is 312 g/mol. The zero-order valence-corrected chi connectivity index (χ0v) is 12.9. The third-order valence-electron chi connectivity index (χ3n) is 3.87. The van der Waals surface area contributed by atoms with Crippen LogP contribution < -0.4 is 5.32 Å². The third-order valence-corrected chi connectivity index (χ3v) is 4.75. The van der Waals surface area contributed by atoms with Crippen LogP contribution in [0.2, 0.25) is 0 Å². The second-order valence-corrected chi connectivity index (χ2v) is 6.37. The van der Waals surface area contributed by atoms with Crippen LogP contribution >= 0.6 is 11.3 Å². The Morgan fingerprint density at radius 1 is 1.36 bits per heavy atom. The van der Waals surface area contributed by atoms with E-state index in [2.05, 4.69) is 21.4 Å². The maximum atomic E-state index is 12.3. The van der Waals surface area contributed by atoms with E-state index in [4.69, 9.17) is 0 Å². The molecule has 0 unspecified atom stereocenters. The van der Waals surface area contributed by atoms with E-state index >= 15 is 0 Å². The maximum Gasteiger partial charge on any atom is 0.229 e. The zero-order valence-electron chi connectivity index (χ0n) is 12.1. The summed E-state index contributed by atoms with van der Waals surface area (Å²) in [7, 11) is 0. The molecule has 1 N–H and O–H groups in total. The normalized spacial score (nSPS) is 15.2. The average Bonchev–Trinajstić information content (AvgIpc) is 2.99. The van der Waals surface area contributed by atoms with Gasteiger partial charge in [0.05, 0.1) is 0 Å². The van der Waals surface area contributed by atoms with Gasteiger partial charge in [0.25, 0.3) is 0 Å². The van der Waals surface area contributed by atoms with Crippen LogP contribution in [-0.4, -0.2) is 15.9 Å². The summed E-state index contributed by atoms with van der Waals surface area (Å²) in [5.74, 6) is 0.0979. The number of nitriles is 1. The minimum atomic E-state index is 0.0238. The fourth-order valence-electron chi connectivity index (χ4n) is 2.72. The summed E-state index contributed by atoms with van der Waals surface area (Å²) < 4.78 is 0. The van der Waals surface area contributed by atoms with Gasteiger partial charge < -0.3 is 5.32 Å². The topological polar surface area (TPSA) is 78.7 Å². The number of amides is 1. The molecule has 112 valence electrons. The molecule has 2 heterocycles. The summed E-state index contributed by atoms with van der Waals surface area (Å²) in [6.45, 7) is 0. The maximum absolute atomic E-state index is 12.3. The van der Waals surface area contributed by atoms with Crippen molar-refractivity contribution in [1.82, 2.24) is 9.97 Å². The van der Waals surface area contributed by atoms with Crippen molar-refractivity contribution in [3.8, 4) is 17.3 Å². The van der Waals surface area contributed by atoms with Crippen LogP contribution in [0.25, 0.3) is 11.3 Å². The van der Waals surface area contributed by atoms with Gasteiger partial charge in [-0.25, -0.2) is 4.98 Å². The van der Waals surface area contributed by atoms with Gasteiger partial charge in [-0.2, -0.15) is 5.26 Å². The minimum Gasteiger partial charge on any atom is -0.302 e. The Bertz CT molecular complexity index is 699. The Morgan fingerprint density at radius 3 is 2.86 bits per heavy atom. The van der Waals surface area contributed by atoms with Gasteiger partial charge in [-0.3, -0.25) is 9.78 Å². The summed E-state index contributed by atoms with van der Waals surface area (Å²) in [5.41, 5.74) is 1.37. The molecule has 2 aromatic rings. The lowest BCUT2D eigenvalue weighted by molar-refractivity contribution is -0.120. The van der Waals surface area contributed by atoms with Crippen LogP contribution in [0, 0.1) is 17.2 Å². The molecule has 1 saturated carbocycles. The van der Waals surface area contributed by atoms with Gasteiger partial charge in [-0.1, -0.05) is 30.6 Å². The number of pyridine rings is 1. The highest BCUT2D eigenvalue weighted by Crippen LogP contribution is 2.31. The van der Waals surface area contributed by atoms with Crippen molar-refractivity contribution in [3.63, 3.8) is 0 Å². The largest absolute Gasteiger partial charge is 0.302 e. The predicted octanol–water partition coefficient (Wildman–Crippen LogP) is 3.60. The monoisotopic (exact) mass is 312 g/mol. The Kier molecular flexibility index (Phi) is 4.45. The summed E-state index contributed by atoms with van der Waals surface area (Å²) >= 11 is 1.21. The van der Waals surface area contributed by atoms with Crippen molar-refractivity contribution < 1.29 is 4.79 Å². The van der Waals surface area contributed by atoms with E-state index in [0.29, 0.717) is 15.7 Å². The lowest BCUT2D eigenvalue weighted by Crippen LogP contribution is -2.24. The van der Waals surface area contributed by atoms with E-state index in [-0.39, 0.29) is 11.8 Å². The highest BCUT2D eigenvalue weighted by molar-refractivity contribution is 7.16. The summed E-state index contributed by atoms with van der Waals surface area (Å²) in [6, 6.07) is 5.80. The SMILES string of the molecule is N#Cc1sc(NC(=O)C2CCCCC2)nc1-c1cccnc1. The van der Waals surface area contributed by atoms with Crippen molar-refractivity contribution in [2.45, 2.75) is 32.1 Å². The first-order valence-electron chi connectivity index (χ1n) is 7.40. The van der Waals surface area contributed by atoms with Crippen molar-refractivity contribution >= 4 is 22.4 Å². The molecule has 22 heavy (non-hydrogen) atoms. The van der Waals surface area contributed by atoms with E-state index in [9.17, 15) is 10.1 Å². The lowest BCUT2D eigenvalue weighted by Gasteiger charge is -2.19. The van der Waals surface area contributed by atoms with E-state index < -0.39 is 0 Å². The highest BCUT2D eigenvalue weighted by atomic mass is 32.1. The Hall–Kier alpha value is -2.26. The zero-order chi connectivity index (χ0) is 15.4. The van der Waals surface area contributed by atoms with Gasteiger partial charge in [-0.15, -0.1) is 0 Å². The number of thiazole rings is 1. The summed E-state index contributed by atoms with van der Waals surface area (Å²) in [5, 5.41) is 12.6. The van der Waals surface area contributed by atoms with E-state index in [1.165, 1.54) is 17.8 Å². The number of nitrogens with one attached hydrogen (secondary N) is 1. The standard InChI is InChI=1S/C16H16N4OS/c17-9-13-14(12-7-4-8-18-10-12)19-16(22-13)20-15(21)11-5-2-1-3-6-11/h4,7-8,10-11H,1-3,5-6H2,(H,19,20,21). The van der Waals surface area contributed by atoms with Gasteiger partial charge in [-0.05, 0) is 25.0 Å². The molecule has 0 atom stereocenters. The smallest absolute Gasteiger partial charge is 0.229 e. The van der Waals surface area contributed by atoms with E-state index in [0.717, 1.165) is 31.2 Å². The van der Waals surface area contributed by atoms with Gasteiger partial charge in [0.15, 0.2) is 5.13 Å². The summed E-state index contributed by atoms with van der Waals surface area (Å²) in [6.07, 6.45) is 8.66. The number of carbonyl (C=O) groups excluding carboxylic acids is 1. The third kappa shape index (κ3) is 3.15. The number of rotatable bonds is 3. The van der Waals surface area contributed by atoms with Crippen molar-refractivity contribution in [3.05, 3.63) is 29.4 Å². The molecule has 1 amide bonds. The number of hydrogen-bond donors (Lipinski definition) is 1. The summed E-state index contributed by atoms with van der Waals surface area (Å²) in [4.78, 5) is 21.2. The second kappa shape index (κ2) is 6.67. The molecule has 0 aromatic carbocycles. The molecule has 0 radical (unpaired) electrons. The first-order chi connectivity index (χ1) is 10.8. The molecule has 1 fully saturated rings. The molecule has 1 aliphatic carbocycles. The molecule has 1 aliphatic rings. The van der Waals surface area contributed by atoms with Gasteiger partial charge in [0.1, 0.15) is 16.6 Å². The molecule has 0 bridgehead atoms. The van der Waals surface area contributed by atoms with Crippen LogP contribution in [0.1, 0.15) is 37.0 Å². The number of nitrogens with zero attached hydrogens (tertiary/aromatic N) is 3. The Labute approximate surface area is 133 Å². The first kappa shape index (κ1) is 14.7. The van der Waals surface area contributed by atoms with Gasteiger partial charge >= 0.3 is 0 Å². The van der Waals surface area contributed by atoms with E-state index in [1.807, 2.05) is 6.07 Å². The quantitative estimate of drug-likeness (QED) is 0.939. The fourth-order valence-corrected chi connectivity index (χ4v) is 3.51. The van der Waals surface area contributed by atoms with Crippen LogP contribution in [0.4, 0.5) is 5.13 Å². The number of hydrogen-bond acceptors (Lipinski definition) is 5. The van der Waals surface area contributed by atoms with Gasteiger partial charge in [0, 0.05) is 23.9 Å². The molecule has 0 saturated heterocycles. The van der Waals surface area contributed by atoms with Gasteiger partial charge in [0.2, 0.25) is 5.91 Å². The predicted molar refractivity (Wildman–Crippen MR) is 85.3 cm³/mol. The molecule has 3 rings (SSSR count). The Balaban J connectivity index is 1.79. The minimum absolute atomic E-state index is 0.0238. The van der Waals surface area contributed by atoms with Crippen molar-refractivity contribution in [1.29, 1.82) is 5.26 Å². The van der Waals surface area contributed by atoms with Crippen molar-refractivity contribution in [2.24, 2.45) is 5.92 Å². The number of aromatic nitrogens is 2. The van der Waals surface area contributed by atoms with Crippen molar-refractivity contribution in [2.75, 3.05) is 5.32 Å². The first-order valence-corrected chi connectivity index (χ1v) is 8.22. The van der Waals surface area contributed by atoms with Crippen LogP contribution in [-0.2, 0) is 4.79 Å². The molecule has 5 nitrogen and oxygen atoms in total. The van der Waals surface area contributed by atoms with Crippen LogP contribution in [0.3, 0.4) is 0 Å². The highest BCUT2D eigenvalue weighted by Gasteiger charge is 2.23. The molecular formula is C16H16N4OS. The number of carbonyl (C=O) groups is 1. The number of anilines is 1. The molecule has 0 spiro atoms. The Morgan fingerprint density at radius 2 is 2.18 bits per heavy atom. The van der Waals surface area contributed by atoms with Crippen LogP contribution in [0.5, 0.6) is 0 Å². The van der Waals surface area contributed by atoms with Crippen LogP contribution in [0.15, 0.2) is 24.5 Å². The molecular weight excluding hydrogens is 296 g/mol. The molecule has 2 aromatic heterocycles.